The first-order valence-electron chi connectivity index (χ1n) is 5.08. The van der Waals surface area contributed by atoms with Gasteiger partial charge in [-0.05, 0) is 19.8 Å². The normalized spacial score (nSPS) is 17.6. The fourth-order valence-electron chi connectivity index (χ4n) is 1.58. The van der Waals surface area contributed by atoms with Crippen molar-refractivity contribution in [3.63, 3.8) is 0 Å². The van der Waals surface area contributed by atoms with E-state index in [0.717, 1.165) is 32.5 Å². The lowest BCUT2D eigenvalue weighted by Gasteiger charge is -2.32. The van der Waals surface area contributed by atoms with Gasteiger partial charge < -0.3 is 9.80 Å². The standard InChI is InChI=1S/C10H17N3O/c1-3-12(2)10(14)13-6-4-9(8-11)5-7-13/h9H,3-7H2,1-2H3. The molecule has 1 rings (SSSR count). The molecule has 1 fully saturated rings. The summed E-state index contributed by atoms with van der Waals surface area (Å²) in [7, 11) is 1.80. The highest BCUT2D eigenvalue weighted by Crippen LogP contribution is 2.16. The first-order valence-corrected chi connectivity index (χ1v) is 5.08. The van der Waals surface area contributed by atoms with Gasteiger partial charge in [-0.3, -0.25) is 0 Å². The number of hydrogen-bond acceptors (Lipinski definition) is 2. The highest BCUT2D eigenvalue weighted by molar-refractivity contribution is 5.74. The summed E-state index contributed by atoms with van der Waals surface area (Å²) in [5.41, 5.74) is 0. The van der Waals surface area contributed by atoms with Crippen molar-refractivity contribution >= 4 is 6.03 Å². The molecule has 4 heteroatoms. The Bertz CT molecular complexity index is 238. The number of rotatable bonds is 1. The summed E-state index contributed by atoms with van der Waals surface area (Å²) in [6.45, 7) is 4.14. The van der Waals surface area contributed by atoms with Crippen LogP contribution in [0.25, 0.3) is 0 Å². The highest BCUT2D eigenvalue weighted by atomic mass is 16.2. The number of amides is 2. The zero-order valence-electron chi connectivity index (χ0n) is 8.86. The minimum Gasteiger partial charge on any atom is -0.328 e. The topological polar surface area (TPSA) is 47.3 Å². The number of nitrogens with zero attached hydrogens (tertiary/aromatic N) is 3. The summed E-state index contributed by atoms with van der Waals surface area (Å²) in [5.74, 6) is 0.144. The van der Waals surface area contributed by atoms with Crippen molar-refractivity contribution in [1.82, 2.24) is 9.80 Å². The van der Waals surface area contributed by atoms with E-state index in [1.54, 1.807) is 11.9 Å². The number of hydrogen-bond donors (Lipinski definition) is 0. The lowest BCUT2D eigenvalue weighted by molar-refractivity contribution is 0.149. The van der Waals surface area contributed by atoms with Crippen molar-refractivity contribution < 1.29 is 4.79 Å². The molecule has 0 radical (unpaired) electrons. The number of carbonyl (C=O) groups excluding carboxylic acids is 1. The monoisotopic (exact) mass is 195 g/mol. The number of urea groups is 1. The number of nitriles is 1. The Labute approximate surface area is 85.1 Å². The van der Waals surface area contributed by atoms with Crippen LogP contribution >= 0.6 is 0 Å². The van der Waals surface area contributed by atoms with Crippen molar-refractivity contribution in [2.24, 2.45) is 5.92 Å². The summed E-state index contributed by atoms with van der Waals surface area (Å²) < 4.78 is 0. The maximum Gasteiger partial charge on any atom is 0.319 e. The van der Waals surface area contributed by atoms with E-state index in [0.29, 0.717) is 0 Å². The predicted octanol–water partition coefficient (Wildman–Crippen LogP) is 1.29. The van der Waals surface area contributed by atoms with Crippen LogP contribution in [0, 0.1) is 17.2 Å². The SMILES string of the molecule is CCN(C)C(=O)N1CCC(C#N)CC1. The van der Waals surface area contributed by atoms with Crippen molar-refractivity contribution in [3.8, 4) is 6.07 Å². The Hall–Kier alpha value is -1.24. The van der Waals surface area contributed by atoms with Gasteiger partial charge in [0.05, 0.1) is 6.07 Å². The molecule has 2 amide bonds. The van der Waals surface area contributed by atoms with E-state index in [-0.39, 0.29) is 11.9 Å². The fraction of sp³-hybridized carbons (Fsp3) is 0.800. The molecular weight excluding hydrogens is 178 g/mol. The molecule has 0 aromatic rings. The minimum atomic E-state index is 0.0869. The maximum absolute atomic E-state index is 11.7. The smallest absolute Gasteiger partial charge is 0.319 e. The molecule has 0 aromatic carbocycles. The number of carbonyl (C=O) groups is 1. The van der Waals surface area contributed by atoms with Crippen LogP contribution < -0.4 is 0 Å². The summed E-state index contributed by atoms with van der Waals surface area (Å²) in [6, 6.07) is 2.34. The highest BCUT2D eigenvalue weighted by Gasteiger charge is 2.23. The Morgan fingerprint density at radius 3 is 2.57 bits per heavy atom. The lowest BCUT2D eigenvalue weighted by Crippen LogP contribution is -2.45. The number of piperidine rings is 1. The van der Waals surface area contributed by atoms with Crippen molar-refractivity contribution in [2.75, 3.05) is 26.7 Å². The van der Waals surface area contributed by atoms with Gasteiger partial charge in [-0.15, -0.1) is 0 Å². The second kappa shape index (κ2) is 4.85. The molecule has 0 unspecified atom stereocenters. The van der Waals surface area contributed by atoms with Gasteiger partial charge >= 0.3 is 6.03 Å². The molecule has 0 aliphatic carbocycles. The van der Waals surface area contributed by atoms with Crippen LogP contribution in [0.4, 0.5) is 4.79 Å². The quantitative estimate of drug-likeness (QED) is 0.633. The second-order valence-electron chi connectivity index (χ2n) is 3.69. The van der Waals surface area contributed by atoms with Crippen LogP contribution in [0.2, 0.25) is 0 Å². The van der Waals surface area contributed by atoms with E-state index in [4.69, 9.17) is 5.26 Å². The van der Waals surface area contributed by atoms with Gasteiger partial charge in [0.15, 0.2) is 0 Å². The lowest BCUT2D eigenvalue weighted by atomic mass is 9.99. The molecule has 0 spiro atoms. The fourth-order valence-corrected chi connectivity index (χ4v) is 1.58. The van der Waals surface area contributed by atoms with Gasteiger partial charge in [-0.2, -0.15) is 5.26 Å². The van der Waals surface area contributed by atoms with E-state index in [1.165, 1.54) is 0 Å². The van der Waals surface area contributed by atoms with E-state index in [1.807, 2.05) is 11.8 Å². The van der Waals surface area contributed by atoms with E-state index < -0.39 is 0 Å². The summed E-state index contributed by atoms with van der Waals surface area (Å²) >= 11 is 0. The first-order chi connectivity index (χ1) is 6.69. The second-order valence-corrected chi connectivity index (χ2v) is 3.69. The third-order valence-corrected chi connectivity index (χ3v) is 2.75. The van der Waals surface area contributed by atoms with Crippen LogP contribution in [0.5, 0.6) is 0 Å². The number of likely N-dealkylation sites (tertiary alicyclic amines) is 1. The summed E-state index contributed by atoms with van der Waals surface area (Å²) in [4.78, 5) is 15.2. The Kier molecular flexibility index (Phi) is 3.75. The van der Waals surface area contributed by atoms with Crippen LogP contribution in [-0.2, 0) is 0 Å². The molecule has 0 atom stereocenters. The van der Waals surface area contributed by atoms with Crippen LogP contribution in [0.1, 0.15) is 19.8 Å². The van der Waals surface area contributed by atoms with E-state index >= 15 is 0 Å². The van der Waals surface area contributed by atoms with Crippen molar-refractivity contribution in [2.45, 2.75) is 19.8 Å². The third kappa shape index (κ3) is 2.38. The molecule has 0 N–H and O–H groups in total. The maximum atomic E-state index is 11.7. The molecule has 14 heavy (non-hydrogen) atoms. The van der Waals surface area contributed by atoms with Gasteiger partial charge in [-0.25, -0.2) is 4.79 Å². The average molecular weight is 195 g/mol. The molecule has 0 saturated carbocycles. The Morgan fingerprint density at radius 1 is 1.57 bits per heavy atom. The van der Waals surface area contributed by atoms with E-state index in [9.17, 15) is 4.79 Å². The third-order valence-electron chi connectivity index (χ3n) is 2.75. The van der Waals surface area contributed by atoms with E-state index in [2.05, 4.69) is 6.07 Å². The molecule has 1 aliphatic heterocycles. The zero-order valence-corrected chi connectivity index (χ0v) is 8.86. The molecule has 4 nitrogen and oxygen atoms in total. The van der Waals surface area contributed by atoms with Gasteiger partial charge in [-0.1, -0.05) is 0 Å². The van der Waals surface area contributed by atoms with Crippen molar-refractivity contribution in [1.29, 1.82) is 5.26 Å². The van der Waals surface area contributed by atoms with Gasteiger partial charge in [0.1, 0.15) is 0 Å². The molecule has 0 aromatic heterocycles. The minimum absolute atomic E-state index is 0.0869. The van der Waals surface area contributed by atoms with Gasteiger partial charge in [0.2, 0.25) is 0 Å². The largest absolute Gasteiger partial charge is 0.328 e. The van der Waals surface area contributed by atoms with Crippen molar-refractivity contribution in [3.05, 3.63) is 0 Å². The molecule has 0 bridgehead atoms. The molecular formula is C10H17N3O. The van der Waals surface area contributed by atoms with Crippen LogP contribution in [-0.4, -0.2) is 42.5 Å². The molecule has 1 aliphatic rings. The molecule has 1 saturated heterocycles. The Balaban J connectivity index is 2.42. The summed E-state index contributed by atoms with van der Waals surface area (Å²) in [5, 5.41) is 8.71. The van der Waals surface area contributed by atoms with Gasteiger partial charge in [0, 0.05) is 32.6 Å². The average Bonchev–Trinajstić information content (AvgIpc) is 2.27. The predicted molar refractivity (Wildman–Crippen MR) is 53.6 cm³/mol. The Morgan fingerprint density at radius 2 is 2.14 bits per heavy atom. The zero-order chi connectivity index (χ0) is 10.6. The van der Waals surface area contributed by atoms with Gasteiger partial charge in [0.25, 0.3) is 0 Å². The molecule has 78 valence electrons. The van der Waals surface area contributed by atoms with Crippen LogP contribution in [0.15, 0.2) is 0 Å². The molecule has 1 heterocycles. The first kappa shape index (κ1) is 10.8. The summed E-state index contributed by atoms with van der Waals surface area (Å²) in [6.07, 6.45) is 1.64. The van der Waals surface area contributed by atoms with Crippen LogP contribution in [0.3, 0.4) is 0 Å².